The summed E-state index contributed by atoms with van der Waals surface area (Å²) in [6.45, 7) is 0.663. The third kappa shape index (κ3) is 6.31. The highest BCUT2D eigenvalue weighted by Gasteiger charge is 2.25. The Morgan fingerprint density at radius 3 is 2.50 bits per heavy atom. The molecule has 9 N–H and O–H groups in total. The molecule has 4 unspecified atom stereocenters. The molecule has 1 rings (SSSR count). The number of carboxylic acids is 1. The molecule has 1 aromatic heterocycles. The van der Waals surface area contributed by atoms with Gasteiger partial charge in [0.1, 0.15) is 5.69 Å². The van der Waals surface area contributed by atoms with Gasteiger partial charge in [-0.1, -0.05) is 5.16 Å². The zero-order chi connectivity index (χ0) is 19.9. The molecule has 0 spiro atoms. The Morgan fingerprint density at radius 2 is 2.00 bits per heavy atom. The number of aliphatic hydroxyl groups is 2. The average molecular weight is 373 g/mol. The summed E-state index contributed by atoms with van der Waals surface area (Å²) in [5, 5.41) is 35.5. The zero-order valence-electron chi connectivity index (χ0n) is 14.1. The van der Waals surface area contributed by atoms with E-state index in [4.69, 9.17) is 26.2 Å². The predicted octanol–water partition coefficient (Wildman–Crippen LogP) is -1.89. The molecular formula is C14H23N5O7. The second kappa shape index (κ2) is 9.70. The van der Waals surface area contributed by atoms with Crippen LogP contribution in [0.4, 0.5) is 4.79 Å². The second-order valence-corrected chi connectivity index (χ2v) is 5.67. The van der Waals surface area contributed by atoms with Gasteiger partial charge in [-0.2, -0.15) is 0 Å². The number of carboxylic acid groups (broad SMARTS) is 1. The van der Waals surface area contributed by atoms with E-state index in [1.54, 1.807) is 0 Å². The molecule has 1 aromatic rings. The first-order valence-electron chi connectivity index (χ1n) is 7.74. The number of aliphatic carboxylic acids is 1. The van der Waals surface area contributed by atoms with Crippen LogP contribution in [0.3, 0.4) is 0 Å². The van der Waals surface area contributed by atoms with E-state index >= 15 is 0 Å². The summed E-state index contributed by atoms with van der Waals surface area (Å²) in [4.78, 5) is 33.8. The number of hydrogen-bond acceptors (Lipinski definition) is 8. The molecule has 26 heavy (non-hydrogen) atoms. The maximum absolute atomic E-state index is 12.0. The van der Waals surface area contributed by atoms with Gasteiger partial charge in [0.25, 0.3) is 0 Å². The Kier molecular flexibility index (Phi) is 7.96. The van der Waals surface area contributed by atoms with Gasteiger partial charge in [0.2, 0.25) is 5.91 Å². The van der Waals surface area contributed by atoms with Crippen molar-refractivity contribution in [1.29, 1.82) is 0 Å². The van der Waals surface area contributed by atoms with E-state index in [0.717, 1.165) is 0 Å². The quantitative estimate of drug-likeness (QED) is 0.243. The molecule has 0 radical (unpaired) electrons. The summed E-state index contributed by atoms with van der Waals surface area (Å²) >= 11 is 0. The fourth-order valence-electron chi connectivity index (χ4n) is 1.99. The highest BCUT2D eigenvalue weighted by Crippen LogP contribution is 2.22. The van der Waals surface area contributed by atoms with E-state index in [9.17, 15) is 19.5 Å². The van der Waals surface area contributed by atoms with Crippen molar-refractivity contribution >= 4 is 17.9 Å². The monoisotopic (exact) mass is 373 g/mol. The van der Waals surface area contributed by atoms with Crippen molar-refractivity contribution in [3.05, 3.63) is 17.5 Å². The van der Waals surface area contributed by atoms with E-state index < -0.39 is 48.7 Å². The van der Waals surface area contributed by atoms with Crippen LogP contribution < -0.4 is 22.1 Å². The van der Waals surface area contributed by atoms with Gasteiger partial charge >= 0.3 is 12.0 Å². The Morgan fingerprint density at radius 1 is 1.35 bits per heavy atom. The average Bonchev–Trinajstić information content (AvgIpc) is 3.04. The van der Waals surface area contributed by atoms with Crippen LogP contribution in [0.2, 0.25) is 0 Å². The maximum atomic E-state index is 12.0. The van der Waals surface area contributed by atoms with Crippen LogP contribution in [0, 0.1) is 0 Å². The van der Waals surface area contributed by atoms with E-state index in [1.807, 2.05) is 0 Å². The summed E-state index contributed by atoms with van der Waals surface area (Å²) in [7, 11) is 0. The Bertz CT molecular complexity index is 633. The number of primary amides is 1. The van der Waals surface area contributed by atoms with Gasteiger partial charge in [0.05, 0.1) is 24.8 Å². The lowest BCUT2D eigenvalue weighted by molar-refractivity contribution is -0.140. The van der Waals surface area contributed by atoms with Crippen molar-refractivity contribution in [2.24, 2.45) is 11.5 Å². The van der Waals surface area contributed by atoms with Crippen LogP contribution in [0.5, 0.6) is 0 Å². The second-order valence-electron chi connectivity index (χ2n) is 5.67. The number of nitrogens with zero attached hydrogens (tertiary/aromatic N) is 1. The first-order valence-corrected chi connectivity index (χ1v) is 7.74. The minimum Gasteiger partial charge on any atom is -0.480 e. The van der Waals surface area contributed by atoms with E-state index in [2.05, 4.69) is 15.8 Å². The highest BCUT2D eigenvalue weighted by molar-refractivity contribution is 5.82. The fourth-order valence-corrected chi connectivity index (χ4v) is 1.99. The lowest BCUT2D eigenvalue weighted by Gasteiger charge is -2.18. The molecule has 0 aliphatic rings. The normalized spacial score (nSPS) is 15.5. The van der Waals surface area contributed by atoms with Crippen molar-refractivity contribution in [3.63, 3.8) is 0 Å². The third-order valence-corrected chi connectivity index (χ3v) is 3.52. The molecule has 146 valence electrons. The summed E-state index contributed by atoms with van der Waals surface area (Å²) in [6, 6.07) is -2.67. The zero-order valence-corrected chi connectivity index (χ0v) is 14.1. The largest absolute Gasteiger partial charge is 0.480 e. The molecule has 3 amide bonds. The molecule has 0 aliphatic carbocycles. The van der Waals surface area contributed by atoms with E-state index in [1.165, 1.54) is 13.0 Å². The Balaban J connectivity index is 2.89. The Hall–Kier alpha value is -2.70. The molecule has 0 saturated heterocycles. The fraction of sp³-hybridized carbons (Fsp3) is 0.571. The van der Waals surface area contributed by atoms with Gasteiger partial charge in [-0.05, 0) is 13.3 Å². The summed E-state index contributed by atoms with van der Waals surface area (Å²) < 4.78 is 5.04. The number of nitrogens with one attached hydrogen (secondary N) is 2. The number of carbonyl (C=O) groups excluding carboxylic acids is 2. The number of urea groups is 1. The molecule has 1 heterocycles. The maximum Gasteiger partial charge on any atom is 0.328 e. The Labute approximate surface area is 148 Å². The van der Waals surface area contributed by atoms with Crippen LogP contribution in [-0.4, -0.2) is 57.1 Å². The number of amides is 3. The number of aliphatic hydroxyl groups excluding tert-OH is 2. The van der Waals surface area contributed by atoms with Crippen LogP contribution in [0.1, 0.15) is 43.3 Å². The van der Waals surface area contributed by atoms with Gasteiger partial charge in [0, 0.05) is 12.5 Å². The molecule has 0 aliphatic heterocycles. The van der Waals surface area contributed by atoms with Crippen LogP contribution >= 0.6 is 0 Å². The topological polar surface area (TPSA) is 214 Å². The SMILES string of the molecule is CC(O)C(N)c1cc(C(CCC(N)=O)NC(=O)NC(CO)C(=O)O)no1. The standard InChI is InChI=1S/C14H23N5O7/c1-6(21)12(16)10-4-8(19-26-10)7(2-3-11(15)22)17-14(25)18-9(5-20)13(23)24/h4,6-7,9,12,20-21H,2-3,5,16H2,1H3,(H2,15,22)(H,23,24)(H2,17,18,25). The first-order chi connectivity index (χ1) is 12.1. The number of hydrogen-bond donors (Lipinski definition) is 7. The van der Waals surface area contributed by atoms with E-state index in [0.29, 0.717) is 0 Å². The van der Waals surface area contributed by atoms with Gasteiger partial charge < -0.3 is 41.9 Å². The number of aromatic nitrogens is 1. The van der Waals surface area contributed by atoms with E-state index in [-0.39, 0.29) is 24.3 Å². The molecule has 12 heteroatoms. The van der Waals surface area contributed by atoms with Gasteiger partial charge in [-0.25, -0.2) is 9.59 Å². The van der Waals surface area contributed by atoms with Crippen molar-refractivity contribution < 1.29 is 34.2 Å². The van der Waals surface area contributed by atoms with Gasteiger partial charge in [-0.15, -0.1) is 0 Å². The van der Waals surface area contributed by atoms with Crippen molar-refractivity contribution in [3.8, 4) is 0 Å². The summed E-state index contributed by atoms with van der Waals surface area (Å²) in [6.07, 6.45) is -0.926. The lowest BCUT2D eigenvalue weighted by Crippen LogP contribution is -2.48. The smallest absolute Gasteiger partial charge is 0.328 e. The van der Waals surface area contributed by atoms with Crippen LogP contribution in [0.25, 0.3) is 0 Å². The molecule has 0 fully saturated rings. The molecule has 0 bridgehead atoms. The molecule has 12 nitrogen and oxygen atoms in total. The highest BCUT2D eigenvalue weighted by atomic mass is 16.5. The first kappa shape index (κ1) is 21.3. The van der Waals surface area contributed by atoms with Crippen LogP contribution in [-0.2, 0) is 9.59 Å². The van der Waals surface area contributed by atoms with Crippen molar-refractivity contribution in [1.82, 2.24) is 15.8 Å². The number of rotatable bonds is 10. The van der Waals surface area contributed by atoms with Gasteiger partial charge in [0.15, 0.2) is 11.8 Å². The predicted molar refractivity (Wildman–Crippen MR) is 86.5 cm³/mol. The van der Waals surface area contributed by atoms with Crippen molar-refractivity contribution in [2.75, 3.05) is 6.61 Å². The van der Waals surface area contributed by atoms with Crippen molar-refractivity contribution in [2.45, 2.75) is 44.0 Å². The third-order valence-electron chi connectivity index (χ3n) is 3.52. The van der Waals surface area contributed by atoms with Gasteiger partial charge in [-0.3, -0.25) is 4.79 Å². The molecule has 0 saturated carbocycles. The number of carbonyl (C=O) groups is 3. The van der Waals surface area contributed by atoms with Crippen LogP contribution in [0.15, 0.2) is 10.6 Å². The molecule has 4 atom stereocenters. The number of nitrogens with two attached hydrogens (primary N) is 2. The molecular weight excluding hydrogens is 350 g/mol. The summed E-state index contributed by atoms with van der Waals surface area (Å²) in [5.74, 6) is -1.86. The lowest BCUT2D eigenvalue weighted by atomic mass is 10.1. The molecule has 0 aromatic carbocycles. The minimum absolute atomic E-state index is 0.0650. The minimum atomic E-state index is -1.50. The summed E-state index contributed by atoms with van der Waals surface area (Å²) in [5.41, 5.74) is 11.1.